The Hall–Kier alpha value is -1.04. The Morgan fingerprint density at radius 2 is 1.80 bits per heavy atom. The van der Waals surface area contributed by atoms with Gasteiger partial charge in [-0.3, -0.25) is 19.8 Å². The van der Waals surface area contributed by atoms with E-state index in [0.29, 0.717) is 12.8 Å². The molecule has 1 fully saturated rings. The average molecular weight is 300 g/mol. The second-order valence-electron chi connectivity index (χ2n) is 5.06. The van der Waals surface area contributed by atoms with Crippen molar-refractivity contribution in [2.45, 2.75) is 53.0 Å². The van der Waals surface area contributed by atoms with Crippen LogP contribution in [-0.4, -0.2) is 40.3 Å². The molecule has 6 heteroatoms. The molecule has 0 aromatic rings. The largest absolute Gasteiger partial charge is 0.331 e. The maximum atomic E-state index is 12.6. The molecule has 1 heterocycles. The highest BCUT2D eigenvalue weighted by Gasteiger charge is 2.52. The van der Waals surface area contributed by atoms with Gasteiger partial charge in [-0.1, -0.05) is 20.8 Å². The van der Waals surface area contributed by atoms with Crippen LogP contribution >= 0.6 is 11.8 Å². The number of carbonyl (C=O) groups is 3. The van der Waals surface area contributed by atoms with Gasteiger partial charge in [-0.2, -0.15) is 11.8 Å². The minimum atomic E-state index is -1.08. The predicted molar refractivity (Wildman–Crippen MR) is 80.5 cm³/mol. The van der Waals surface area contributed by atoms with E-state index in [4.69, 9.17) is 0 Å². The van der Waals surface area contributed by atoms with Crippen molar-refractivity contribution >= 4 is 29.6 Å². The van der Waals surface area contributed by atoms with E-state index in [0.717, 1.165) is 17.9 Å². The summed E-state index contributed by atoms with van der Waals surface area (Å²) < 4.78 is 0. The standard InChI is InChI=1S/C14H24N2O3S/c1-5-14(6-2)11(17)15-13(19)16(12(14)18)10(4)8-9-20-7-3/h10H,5-9H2,1-4H3,(H,15,17,19). The van der Waals surface area contributed by atoms with E-state index in [1.807, 2.05) is 20.8 Å². The minimum absolute atomic E-state index is 0.188. The van der Waals surface area contributed by atoms with Crippen LogP contribution < -0.4 is 5.32 Å². The molecule has 114 valence electrons. The van der Waals surface area contributed by atoms with Gasteiger partial charge in [-0.05, 0) is 37.7 Å². The van der Waals surface area contributed by atoms with Crippen molar-refractivity contribution in [2.75, 3.05) is 11.5 Å². The third-order valence-electron chi connectivity index (χ3n) is 4.03. The molecule has 1 atom stereocenters. The third-order valence-corrected chi connectivity index (χ3v) is 4.97. The lowest BCUT2D eigenvalue weighted by Crippen LogP contribution is -2.65. The number of barbiturate groups is 1. The summed E-state index contributed by atoms with van der Waals surface area (Å²) in [7, 11) is 0. The lowest BCUT2D eigenvalue weighted by atomic mass is 9.78. The smallest absolute Gasteiger partial charge is 0.277 e. The molecule has 0 aromatic carbocycles. The Labute approximate surface area is 124 Å². The van der Waals surface area contributed by atoms with Crippen LogP contribution in [0.1, 0.15) is 47.0 Å². The number of amides is 4. The number of urea groups is 1. The Morgan fingerprint density at radius 3 is 2.30 bits per heavy atom. The van der Waals surface area contributed by atoms with Crippen LogP contribution in [0.5, 0.6) is 0 Å². The van der Waals surface area contributed by atoms with Gasteiger partial charge in [0, 0.05) is 6.04 Å². The Balaban J connectivity index is 2.92. The van der Waals surface area contributed by atoms with Crippen LogP contribution in [0.15, 0.2) is 0 Å². The second kappa shape index (κ2) is 7.11. The summed E-state index contributed by atoms with van der Waals surface area (Å²) in [6.45, 7) is 7.56. The maximum Gasteiger partial charge on any atom is 0.331 e. The first kappa shape index (κ1) is 17.0. The van der Waals surface area contributed by atoms with Crippen molar-refractivity contribution in [3.05, 3.63) is 0 Å². The Bertz CT molecular complexity index is 394. The minimum Gasteiger partial charge on any atom is -0.277 e. The summed E-state index contributed by atoms with van der Waals surface area (Å²) in [5.74, 6) is 1.11. The van der Waals surface area contributed by atoms with E-state index in [1.165, 1.54) is 4.90 Å². The van der Waals surface area contributed by atoms with E-state index < -0.39 is 17.4 Å². The van der Waals surface area contributed by atoms with E-state index in [9.17, 15) is 14.4 Å². The third kappa shape index (κ3) is 3.00. The highest BCUT2D eigenvalue weighted by Crippen LogP contribution is 2.33. The molecule has 0 spiro atoms. The Morgan fingerprint density at radius 1 is 1.20 bits per heavy atom. The first-order valence-corrected chi connectivity index (χ1v) is 8.36. The molecule has 1 saturated heterocycles. The van der Waals surface area contributed by atoms with Crippen LogP contribution in [-0.2, 0) is 9.59 Å². The second-order valence-corrected chi connectivity index (χ2v) is 6.45. The van der Waals surface area contributed by atoms with Crippen molar-refractivity contribution < 1.29 is 14.4 Å². The maximum absolute atomic E-state index is 12.6. The van der Waals surface area contributed by atoms with Crippen molar-refractivity contribution in [1.82, 2.24) is 10.2 Å². The highest BCUT2D eigenvalue weighted by atomic mass is 32.2. The van der Waals surface area contributed by atoms with E-state index in [2.05, 4.69) is 12.2 Å². The first-order chi connectivity index (χ1) is 9.44. The highest BCUT2D eigenvalue weighted by molar-refractivity contribution is 7.99. The van der Waals surface area contributed by atoms with Crippen LogP contribution in [0.25, 0.3) is 0 Å². The van der Waals surface area contributed by atoms with Gasteiger partial charge < -0.3 is 0 Å². The molecule has 4 amide bonds. The van der Waals surface area contributed by atoms with Crippen molar-refractivity contribution in [2.24, 2.45) is 5.41 Å². The molecule has 0 aliphatic carbocycles. The van der Waals surface area contributed by atoms with Gasteiger partial charge in [-0.25, -0.2) is 4.79 Å². The molecule has 0 radical (unpaired) electrons. The zero-order valence-electron chi connectivity index (χ0n) is 12.7. The van der Waals surface area contributed by atoms with Crippen LogP contribution in [0.4, 0.5) is 4.79 Å². The normalized spacial score (nSPS) is 20.0. The van der Waals surface area contributed by atoms with E-state index in [-0.39, 0.29) is 11.9 Å². The lowest BCUT2D eigenvalue weighted by molar-refractivity contribution is -0.153. The number of carbonyl (C=O) groups excluding carboxylic acids is 3. The van der Waals surface area contributed by atoms with Gasteiger partial charge in [0.25, 0.3) is 0 Å². The number of rotatable bonds is 7. The fourth-order valence-corrected chi connectivity index (χ4v) is 3.29. The van der Waals surface area contributed by atoms with Crippen LogP contribution in [0.2, 0.25) is 0 Å². The molecule has 1 aliphatic rings. The lowest BCUT2D eigenvalue weighted by Gasteiger charge is -2.40. The van der Waals surface area contributed by atoms with Crippen LogP contribution in [0, 0.1) is 5.41 Å². The molecule has 1 rings (SSSR count). The molecular formula is C14H24N2O3S. The van der Waals surface area contributed by atoms with Gasteiger partial charge in [0.2, 0.25) is 11.8 Å². The monoisotopic (exact) mass is 300 g/mol. The van der Waals surface area contributed by atoms with Crippen molar-refractivity contribution in [3.8, 4) is 0 Å². The van der Waals surface area contributed by atoms with Crippen LogP contribution in [0.3, 0.4) is 0 Å². The zero-order chi connectivity index (χ0) is 15.3. The van der Waals surface area contributed by atoms with E-state index in [1.54, 1.807) is 11.8 Å². The first-order valence-electron chi connectivity index (χ1n) is 7.21. The molecule has 1 unspecified atom stereocenters. The molecule has 0 bridgehead atoms. The summed E-state index contributed by atoms with van der Waals surface area (Å²) in [5, 5.41) is 2.34. The molecule has 0 saturated carbocycles. The fourth-order valence-electron chi connectivity index (χ4n) is 2.50. The number of nitrogens with one attached hydrogen (secondary N) is 1. The zero-order valence-corrected chi connectivity index (χ0v) is 13.5. The van der Waals surface area contributed by atoms with Crippen molar-refractivity contribution in [3.63, 3.8) is 0 Å². The number of imide groups is 2. The number of hydrogen-bond donors (Lipinski definition) is 1. The molecule has 0 aromatic heterocycles. The van der Waals surface area contributed by atoms with Gasteiger partial charge in [0.1, 0.15) is 5.41 Å². The SMILES string of the molecule is CCSCCC(C)N1C(=O)NC(=O)C(CC)(CC)C1=O. The van der Waals surface area contributed by atoms with Gasteiger partial charge in [0.15, 0.2) is 0 Å². The summed E-state index contributed by atoms with van der Waals surface area (Å²) in [4.78, 5) is 37.9. The predicted octanol–water partition coefficient (Wildman–Crippen LogP) is 2.40. The summed E-state index contributed by atoms with van der Waals surface area (Å²) in [6, 6.07) is -0.765. The summed E-state index contributed by atoms with van der Waals surface area (Å²) >= 11 is 1.78. The number of thioether (sulfide) groups is 1. The molecule has 5 nitrogen and oxygen atoms in total. The quantitative estimate of drug-likeness (QED) is 0.579. The van der Waals surface area contributed by atoms with E-state index >= 15 is 0 Å². The number of hydrogen-bond acceptors (Lipinski definition) is 4. The molecule has 1 aliphatic heterocycles. The fraction of sp³-hybridized carbons (Fsp3) is 0.786. The topological polar surface area (TPSA) is 66.5 Å². The van der Waals surface area contributed by atoms with Crippen molar-refractivity contribution in [1.29, 1.82) is 0 Å². The summed E-state index contributed by atoms with van der Waals surface area (Å²) in [5.41, 5.74) is -1.08. The molecular weight excluding hydrogens is 276 g/mol. The van der Waals surface area contributed by atoms with Gasteiger partial charge in [-0.15, -0.1) is 0 Å². The molecule has 1 N–H and O–H groups in total. The Kier molecular flexibility index (Phi) is 6.05. The van der Waals surface area contributed by atoms with Gasteiger partial charge in [0.05, 0.1) is 0 Å². The molecule has 20 heavy (non-hydrogen) atoms. The number of nitrogens with zero attached hydrogens (tertiary/aromatic N) is 1. The van der Waals surface area contributed by atoms with Gasteiger partial charge >= 0.3 is 6.03 Å². The summed E-state index contributed by atoms with van der Waals surface area (Å²) in [6.07, 6.45) is 1.57. The average Bonchev–Trinajstić information content (AvgIpc) is 2.40.